The number of aliphatic hydroxyl groups excluding tert-OH is 1. The summed E-state index contributed by atoms with van der Waals surface area (Å²) in [5.41, 5.74) is 1.75. The number of amides is 1. The molecule has 1 aliphatic heterocycles. The molecule has 4 aromatic rings. The number of Topliss-reactive ketones (excluding diaryl/α,β-unsaturated/α-hetero) is 1. The summed E-state index contributed by atoms with van der Waals surface area (Å²) in [6, 6.07) is 13.7. The molecule has 0 spiro atoms. The number of carbonyl (C=O) groups excluding carboxylic acids is 3. The topological polar surface area (TPSA) is 119 Å². The lowest BCUT2D eigenvalue weighted by atomic mass is 9.95. The van der Waals surface area contributed by atoms with Crippen LogP contribution in [0.25, 0.3) is 11.0 Å². The molecule has 0 saturated heterocycles. The zero-order chi connectivity index (χ0) is 27.7. The van der Waals surface area contributed by atoms with Crippen molar-refractivity contribution in [3.05, 3.63) is 100 Å². The standard InChI is InChI=1S/C29H23ClN2O7/c1-3-38-23(33)11-16-6-8-20(9-7-16)32-25(17-5-4-10-31-15-17)24(27(35)29(32)36)26(34)21-13-18-12-19(30)14-22(37-2)28(18)39-21/h4-10,12-15,25,35H,3,11H2,1-2H3. The number of esters is 1. The molecule has 1 amide bonds. The van der Waals surface area contributed by atoms with E-state index >= 15 is 0 Å². The van der Waals surface area contributed by atoms with Gasteiger partial charge in [-0.3, -0.25) is 24.3 Å². The van der Waals surface area contributed by atoms with Gasteiger partial charge in [0.25, 0.3) is 5.91 Å². The Bertz CT molecular complexity index is 1610. The molecule has 198 valence electrons. The number of hydrogen-bond donors (Lipinski definition) is 1. The highest BCUT2D eigenvalue weighted by Gasteiger charge is 2.45. The Balaban J connectivity index is 1.56. The van der Waals surface area contributed by atoms with E-state index in [0.717, 1.165) is 0 Å². The lowest BCUT2D eigenvalue weighted by Gasteiger charge is -2.26. The number of pyridine rings is 1. The maximum atomic E-state index is 13.8. The molecular weight excluding hydrogens is 524 g/mol. The van der Waals surface area contributed by atoms with Crippen LogP contribution in [0, 0.1) is 0 Å². The summed E-state index contributed by atoms with van der Waals surface area (Å²) in [6.07, 6.45) is 3.16. The van der Waals surface area contributed by atoms with Crippen molar-refractivity contribution in [2.45, 2.75) is 19.4 Å². The van der Waals surface area contributed by atoms with Crippen LogP contribution in [0.15, 0.2) is 82.7 Å². The van der Waals surface area contributed by atoms with Crippen LogP contribution in [0.2, 0.25) is 5.02 Å². The van der Waals surface area contributed by atoms with E-state index < -0.39 is 23.5 Å². The predicted molar refractivity (Wildman–Crippen MR) is 143 cm³/mol. The lowest BCUT2D eigenvalue weighted by molar-refractivity contribution is -0.142. The molecule has 0 fully saturated rings. The number of benzene rings is 2. The number of anilines is 1. The summed E-state index contributed by atoms with van der Waals surface area (Å²) in [4.78, 5) is 44.5. The van der Waals surface area contributed by atoms with Gasteiger partial charge in [0.2, 0.25) is 5.78 Å². The summed E-state index contributed by atoms with van der Waals surface area (Å²) in [5.74, 6) is -2.26. The second-order valence-electron chi connectivity index (χ2n) is 8.74. The number of aliphatic hydroxyl groups is 1. The first-order valence-corrected chi connectivity index (χ1v) is 12.4. The molecule has 0 radical (unpaired) electrons. The summed E-state index contributed by atoms with van der Waals surface area (Å²) in [6.45, 7) is 2.01. The third-order valence-electron chi connectivity index (χ3n) is 6.31. The van der Waals surface area contributed by atoms with Crippen LogP contribution in [0.1, 0.15) is 34.6 Å². The zero-order valence-electron chi connectivity index (χ0n) is 21.0. The third-order valence-corrected chi connectivity index (χ3v) is 6.53. The number of ketones is 1. The van der Waals surface area contributed by atoms with Gasteiger partial charge < -0.3 is 19.0 Å². The Hall–Kier alpha value is -4.63. The normalized spacial score (nSPS) is 15.2. The van der Waals surface area contributed by atoms with Crippen LogP contribution in [0.3, 0.4) is 0 Å². The van der Waals surface area contributed by atoms with Gasteiger partial charge in [0.1, 0.15) is 0 Å². The number of fused-ring (bicyclic) bond motifs is 1. The first-order valence-electron chi connectivity index (χ1n) is 12.0. The molecule has 0 saturated carbocycles. The second kappa shape index (κ2) is 10.6. The largest absolute Gasteiger partial charge is 0.503 e. The Morgan fingerprint density at radius 2 is 1.92 bits per heavy atom. The summed E-state index contributed by atoms with van der Waals surface area (Å²) < 4.78 is 16.2. The fraction of sp³-hybridized carbons (Fsp3) is 0.172. The number of furan rings is 1. The van der Waals surface area contributed by atoms with Crippen molar-refractivity contribution in [1.29, 1.82) is 0 Å². The molecule has 0 aliphatic carbocycles. The molecule has 1 atom stereocenters. The van der Waals surface area contributed by atoms with Gasteiger partial charge in [-0.1, -0.05) is 29.8 Å². The van der Waals surface area contributed by atoms with Crippen molar-refractivity contribution in [2.75, 3.05) is 18.6 Å². The first kappa shape index (κ1) is 26.0. The van der Waals surface area contributed by atoms with E-state index in [1.54, 1.807) is 61.7 Å². The maximum Gasteiger partial charge on any atom is 0.310 e. The molecule has 10 heteroatoms. The molecule has 0 bridgehead atoms. The van der Waals surface area contributed by atoms with Crippen molar-refractivity contribution >= 4 is 45.9 Å². The van der Waals surface area contributed by atoms with Gasteiger partial charge >= 0.3 is 5.97 Å². The molecular formula is C29H23ClN2O7. The number of ether oxygens (including phenoxy) is 2. The first-order chi connectivity index (χ1) is 18.8. The van der Waals surface area contributed by atoms with Gasteiger partial charge in [-0.15, -0.1) is 0 Å². The average Bonchev–Trinajstić information content (AvgIpc) is 3.47. The zero-order valence-corrected chi connectivity index (χ0v) is 21.8. The predicted octanol–water partition coefficient (Wildman–Crippen LogP) is 5.38. The molecule has 39 heavy (non-hydrogen) atoms. The lowest BCUT2D eigenvalue weighted by Crippen LogP contribution is -2.31. The van der Waals surface area contributed by atoms with Crippen LogP contribution in [0.5, 0.6) is 5.75 Å². The van der Waals surface area contributed by atoms with E-state index in [9.17, 15) is 19.5 Å². The number of nitrogens with zero attached hydrogens (tertiary/aromatic N) is 2. The molecule has 9 nitrogen and oxygen atoms in total. The van der Waals surface area contributed by atoms with Crippen LogP contribution in [-0.4, -0.2) is 41.5 Å². The van der Waals surface area contributed by atoms with Gasteiger partial charge in [-0.05, 0) is 48.4 Å². The monoisotopic (exact) mass is 546 g/mol. The van der Waals surface area contributed by atoms with Gasteiger partial charge in [0.15, 0.2) is 22.9 Å². The SMILES string of the molecule is CCOC(=O)Cc1ccc(N2C(=O)C(O)=C(C(=O)c3cc4cc(Cl)cc(OC)c4o3)C2c2cccnc2)cc1. The quantitative estimate of drug-likeness (QED) is 0.231. The van der Waals surface area contributed by atoms with E-state index in [-0.39, 0.29) is 30.3 Å². The average molecular weight is 547 g/mol. The van der Waals surface area contributed by atoms with Gasteiger partial charge in [-0.25, -0.2) is 0 Å². The molecule has 1 aliphatic rings. The molecule has 1 N–H and O–H groups in total. The smallest absolute Gasteiger partial charge is 0.310 e. The van der Waals surface area contributed by atoms with Crippen LogP contribution in [-0.2, 0) is 20.7 Å². The van der Waals surface area contributed by atoms with Crippen molar-refractivity contribution in [3.8, 4) is 5.75 Å². The number of carbonyl (C=O) groups is 3. The fourth-order valence-electron chi connectivity index (χ4n) is 4.59. The molecule has 2 aromatic carbocycles. The minimum Gasteiger partial charge on any atom is -0.503 e. The third kappa shape index (κ3) is 4.84. The summed E-state index contributed by atoms with van der Waals surface area (Å²) >= 11 is 6.17. The van der Waals surface area contributed by atoms with Crippen LogP contribution >= 0.6 is 11.6 Å². The number of halogens is 1. The molecule has 2 aromatic heterocycles. The van der Waals surface area contributed by atoms with E-state index in [1.165, 1.54) is 24.3 Å². The highest BCUT2D eigenvalue weighted by Crippen LogP contribution is 2.43. The van der Waals surface area contributed by atoms with Gasteiger partial charge in [0.05, 0.1) is 31.8 Å². The number of aromatic nitrogens is 1. The minimum absolute atomic E-state index is 0.0703. The van der Waals surface area contributed by atoms with Crippen molar-refractivity contribution in [3.63, 3.8) is 0 Å². The Morgan fingerprint density at radius 3 is 2.59 bits per heavy atom. The molecule has 3 heterocycles. The molecule has 5 rings (SSSR count). The van der Waals surface area contributed by atoms with E-state index in [2.05, 4.69) is 4.98 Å². The van der Waals surface area contributed by atoms with Crippen molar-refractivity contribution < 1.29 is 33.4 Å². The van der Waals surface area contributed by atoms with Crippen LogP contribution in [0.4, 0.5) is 5.69 Å². The van der Waals surface area contributed by atoms with Crippen molar-refractivity contribution in [1.82, 2.24) is 4.98 Å². The second-order valence-corrected chi connectivity index (χ2v) is 9.18. The minimum atomic E-state index is -0.992. The van der Waals surface area contributed by atoms with E-state index in [0.29, 0.717) is 38.6 Å². The summed E-state index contributed by atoms with van der Waals surface area (Å²) in [5, 5.41) is 11.9. The highest BCUT2D eigenvalue weighted by atomic mass is 35.5. The van der Waals surface area contributed by atoms with Gasteiger partial charge in [-0.2, -0.15) is 0 Å². The highest BCUT2D eigenvalue weighted by molar-refractivity contribution is 6.31. The Morgan fingerprint density at radius 1 is 1.15 bits per heavy atom. The summed E-state index contributed by atoms with van der Waals surface area (Å²) in [7, 11) is 1.45. The Kier molecular flexibility index (Phi) is 7.08. The van der Waals surface area contributed by atoms with E-state index in [1.807, 2.05) is 0 Å². The van der Waals surface area contributed by atoms with Gasteiger partial charge in [0, 0.05) is 34.6 Å². The van der Waals surface area contributed by atoms with E-state index in [4.69, 9.17) is 25.5 Å². The van der Waals surface area contributed by atoms with Crippen molar-refractivity contribution in [2.24, 2.45) is 0 Å². The molecule has 1 unspecified atom stereocenters. The maximum absolute atomic E-state index is 13.8. The number of hydrogen-bond acceptors (Lipinski definition) is 8. The van der Waals surface area contributed by atoms with Crippen LogP contribution < -0.4 is 9.64 Å². The number of methoxy groups -OCH3 is 1. The fourth-order valence-corrected chi connectivity index (χ4v) is 4.81. The number of rotatable bonds is 8. The Labute approximate surface area is 228 Å².